The van der Waals surface area contributed by atoms with E-state index in [1.807, 2.05) is 18.2 Å². The Morgan fingerprint density at radius 2 is 2.00 bits per heavy atom. The van der Waals surface area contributed by atoms with Gasteiger partial charge in [0.2, 0.25) is 0 Å². The van der Waals surface area contributed by atoms with E-state index in [4.69, 9.17) is 9.84 Å². The van der Waals surface area contributed by atoms with Gasteiger partial charge in [-0.1, -0.05) is 32.8 Å². The van der Waals surface area contributed by atoms with Gasteiger partial charge >= 0.3 is 5.97 Å². The first-order valence-corrected chi connectivity index (χ1v) is 5.28. The van der Waals surface area contributed by atoms with Crippen LogP contribution in [0.2, 0.25) is 0 Å². The molecule has 0 aliphatic rings. The van der Waals surface area contributed by atoms with Crippen LogP contribution in [0.25, 0.3) is 0 Å². The number of aliphatic carboxylic acids is 1. The van der Waals surface area contributed by atoms with Crippen molar-refractivity contribution in [3.63, 3.8) is 0 Å². The molecule has 0 unspecified atom stereocenters. The highest BCUT2D eigenvalue weighted by Gasteiger charge is 2.15. The van der Waals surface area contributed by atoms with Crippen LogP contribution in [0.3, 0.4) is 0 Å². The van der Waals surface area contributed by atoms with Crippen LogP contribution in [0.1, 0.15) is 31.9 Å². The summed E-state index contributed by atoms with van der Waals surface area (Å²) in [4.78, 5) is 10.4. The average molecular weight is 232 g/mol. The Balaban J connectivity index is 3.27. The average Bonchev–Trinajstić information content (AvgIpc) is 2.24. The summed E-state index contributed by atoms with van der Waals surface area (Å²) in [6.45, 7) is 6.26. The summed E-state index contributed by atoms with van der Waals surface area (Å²) in [6.07, 6.45) is 0. The second-order valence-corrected chi connectivity index (χ2v) is 4.72. The first kappa shape index (κ1) is 13.1. The fraction of sp³-hybridized carbons (Fsp3) is 0.357. The van der Waals surface area contributed by atoms with Gasteiger partial charge in [0, 0.05) is 5.92 Å². The summed E-state index contributed by atoms with van der Waals surface area (Å²) in [5.74, 6) is 4.15. The van der Waals surface area contributed by atoms with E-state index in [1.54, 1.807) is 0 Å². The maximum Gasteiger partial charge on any atom is 0.382 e. The van der Waals surface area contributed by atoms with E-state index in [-0.39, 0.29) is 5.41 Å². The van der Waals surface area contributed by atoms with Crippen LogP contribution in [0.4, 0.5) is 0 Å². The van der Waals surface area contributed by atoms with E-state index in [2.05, 4.69) is 32.6 Å². The lowest BCUT2D eigenvalue weighted by Gasteiger charge is -2.19. The van der Waals surface area contributed by atoms with Crippen molar-refractivity contribution in [1.29, 1.82) is 0 Å². The molecule has 3 heteroatoms. The van der Waals surface area contributed by atoms with E-state index >= 15 is 0 Å². The summed E-state index contributed by atoms with van der Waals surface area (Å²) in [5.41, 5.74) is 1.68. The molecule has 0 fully saturated rings. The predicted molar refractivity (Wildman–Crippen MR) is 66.2 cm³/mol. The molecule has 0 radical (unpaired) electrons. The number of hydrogen-bond donors (Lipinski definition) is 1. The van der Waals surface area contributed by atoms with Crippen molar-refractivity contribution >= 4 is 5.97 Å². The van der Waals surface area contributed by atoms with Crippen molar-refractivity contribution in [2.75, 3.05) is 7.11 Å². The van der Waals surface area contributed by atoms with Crippen molar-refractivity contribution in [1.82, 2.24) is 0 Å². The van der Waals surface area contributed by atoms with Crippen LogP contribution >= 0.6 is 0 Å². The molecule has 0 atom stereocenters. The third-order valence-corrected chi connectivity index (χ3v) is 2.37. The van der Waals surface area contributed by atoms with Crippen molar-refractivity contribution < 1.29 is 14.6 Å². The lowest BCUT2D eigenvalue weighted by Crippen LogP contribution is -2.11. The molecule has 0 amide bonds. The van der Waals surface area contributed by atoms with Gasteiger partial charge in [0.1, 0.15) is 5.75 Å². The van der Waals surface area contributed by atoms with Gasteiger partial charge in [0.05, 0.1) is 12.7 Å². The van der Waals surface area contributed by atoms with E-state index in [9.17, 15) is 4.79 Å². The van der Waals surface area contributed by atoms with Gasteiger partial charge in [0.15, 0.2) is 0 Å². The van der Waals surface area contributed by atoms with Crippen molar-refractivity contribution in [3.05, 3.63) is 29.3 Å². The van der Waals surface area contributed by atoms with Crippen LogP contribution in [0, 0.1) is 11.8 Å². The largest absolute Gasteiger partial charge is 0.495 e. The molecule has 0 saturated heterocycles. The fourth-order valence-electron chi connectivity index (χ4n) is 1.39. The second kappa shape index (κ2) is 4.92. The topological polar surface area (TPSA) is 46.5 Å². The van der Waals surface area contributed by atoms with Gasteiger partial charge in [0.25, 0.3) is 0 Å². The first-order chi connectivity index (χ1) is 7.84. The molecule has 0 aliphatic carbocycles. The first-order valence-electron chi connectivity index (χ1n) is 5.28. The summed E-state index contributed by atoms with van der Waals surface area (Å²) < 4.78 is 5.15. The highest BCUT2D eigenvalue weighted by molar-refractivity contribution is 5.87. The van der Waals surface area contributed by atoms with Crippen LogP contribution in [-0.4, -0.2) is 18.2 Å². The SMILES string of the molecule is COc1ccc(C(C)(C)C)cc1C#CC(=O)O. The number of carboxylic acids is 1. The second-order valence-electron chi connectivity index (χ2n) is 4.72. The molecule has 3 nitrogen and oxygen atoms in total. The molecular weight excluding hydrogens is 216 g/mol. The molecule has 1 N–H and O–H groups in total. The monoisotopic (exact) mass is 232 g/mol. The number of benzene rings is 1. The lowest BCUT2D eigenvalue weighted by atomic mass is 9.86. The van der Waals surface area contributed by atoms with Gasteiger partial charge < -0.3 is 9.84 Å². The van der Waals surface area contributed by atoms with Crippen molar-refractivity contribution in [3.8, 4) is 17.6 Å². The minimum absolute atomic E-state index is 0.00801. The maximum absolute atomic E-state index is 10.4. The summed E-state index contributed by atoms with van der Waals surface area (Å²) in [7, 11) is 1.54. The molecule has 1 aromatic rings. The standard InChI is InChI=1S/C14H16O3/c1-14(2,3)11-6-7-12(17-4)10(9-11)5-8-13(15)16/h6-7,9H,1-4H3,(H,15,16). The van der Waals surface area contributed by atoms with Gasteiger partial charge in [-0.05, 0) is 23.1 Å². The zero-order chi connectivity index (χ0) is 13.1. The Morgan fingerprint density at radius 3 is 2.47 bits per heavy atom. The van der Waals surface area contributed by atoms with Crippen molar-refractivity contribution in [2.45, 2.75) is 26.2 Å². The summed E-state index contributed by atoms with van der Waals surface area (Å²) in [5, 5.41) is 8.55. The third-order valence-electron chi connectivity index (χ3n) is 2.37. The molecule has 0 bridgehead atoms. The Hall–Kier alpha value is -1.95. The zero-order valence-electron chi connectivity index (χ0n) is 10.5. The lowest BCUT2D eigenvalue weighted by molar-refractivity contribution is -0.130. The minimum Gasteiger partial charge on any atom is -0.495 e. The summed E-state index contributed by atoms with van der Waals surface area (Å²) in [6, 6.07) is 5.64. The van der Waals surface area contributed by atoms with E-state index in [0.717, 1.165) is 5.56 Å². The Labute approximate surface area is 101 Å². The normalized spacial score (nSPS) is 10.4. The highest BCUT2D eigenvalue weighted by Crippen LogP contribution is 2.27. The number of rotatable bonds is 1. The van der Waals surface area contributed by atoms with Crippen LogP contribution in [0.15, 0.2) is 18.2 Å². The molecule has 0 aliphatic heterocycles. The van der Waals surface area contributed by atoms with Gasteiger partial charge in [-0.2, -0.15) is 0 Å². The van der Waals surface area contributed by atoms with Crippen molar-refractivity contribution in [2.24, 2.45) is 0 Å². The molecule has 0 saturated carbocycles. The maximum atomic E-state index is 10.4. The van der Waals surface area contributed by atoms with Gasteiger partial charge in [-0.15, -0.1) is 0 Å². The molecule has 0 aromatic heterocycles. The third kappa shape index (κ3) is 3.53. The minimum atomic E-state index is -1.15. The molecule has 0 heterocycles. The van der Waals surface area contributed by atoms with Gasteiger partial charge in [-0.25, -0.2) is 4.79 Å². The van der Waals surface area contributed by atoms with E-state index in [1.165, 1.54) is 7.11 Å². The molecule has 0 spiro atoms. The molecule has 1 aromatic carbocycles. The number of hydrogen-bond acceptors (Lipinski definition) is 2. The molecular formula is C14H16O3. The smallest absolute Gasteiger partial charge is 0.382 e. The quantitative estimate of drug-likeness (QED) is 0.756. The number of methoxy groups -OCH3 is 1. The van der Waals surface area contributed by atoms with Gasteiger partial charge in [-0.3, -0.25) is 0 Å². The number of carbonyl (C=O) groups is 1. The Bertz CT molecular complexity index is 484. The highest BCUT2D eigenvalue weighted by atomic mass is 16.5. The van der Waals surface area contributed by atoms with E-state index in [0.29, 0.717) is 11.3 Å². The predicted octanol–water partition coefficient (Wildman–Crippen LogP) is 2.43. The Morgan fingerprint density at radius 1 is 1.35 bits per heavy atom. The summed E-state index contributed by atoms with van der Waals surface area (Å²) >= 11 is 0. The Kier molecular flexibility index (Phi) is 3.80. The van der Waals surface area contributed by atoms with Crippen LogP contribution in [0.5, 0.6) is 5.75 Å². The number of carboxylic acid groups (broad SMARTS) is 1. The molecule has 90 valence electrons. The molecule has 17 heavy (non-hydrogen) atoms. The fourth-order valence-corrected chi connectivity index (χ4v) is 1.39. The van der Waals surface area contributed by atoms with Crippen LogP contribution < -0.4 is 4.74 Å². The molecule has 1 rings (SSSR count). The number of ether oxygens (including phenoxy) is 1. The van der Waals surface area contributed by atoms with Crippen LogP contribution in [-0.2, 0) is 10.2 Å². The van der Waals surface area contributed by atoms with E-state index < -0.39 is 5.97 Å². The zero-order valence-corrected chi connectivity index (χ0v) is 10.5.